The lowest BCUT2D eigenvalue weighted by atomic mass is 9.97. The maximum atomic E-state index is 13.4. The zero-order valence-electron chi connectivity index (χ0n) is 16.6. The minimum absolute atomic E-state index is 0.0103. The third kappa shape index (κ3) is 3.49. The van der Waals surface area contributed by atoms with E-state index in [1.807, 2.05) is 30.3 Å². The van der Waals surface area contributed by atoms with Crippen molar-refractivity contribution in [3.63, 3.8) is 0 Å². The van der Waals surface area contributed by atoms with Gasteiger partial charge in [-0.25, -0.2) is 9.37 Å². The zero-order valence-corrected chi connectivity index (χ0v) is 16.6. The van der Waals surface area contributed by atoms with E-state index < -0.39 is 0 Å². The number of halogens is 1. The monoisotopic (exact) mass is 402 g/mol. The molecule has 1 aliphatic rings. The zero-order chi connectivity index (χ0) is 20.5. The fraction of sp³-hybridized carbons (Fsp3) is 0.250. The van der Waals surface area contributed by atoms with Crippen LogP contribution in [0.25, 0.3) is 16.6 Å². The Labute approximate surface area is 174 Å². The Kier molecular flexibility index (Phi) is 4.83. The third-order valence-electron chi connectivity index (χ3n) is 5.79. The predicted octanol–water partition coefficient (Wildman–Crippen LogP) is 4.16. The first-order valence-corrected chi connectivity index (χ1v) is 10.3. The quantitative estimate of drug-likeness (QED) is 0.558. The van der Waals surface area contributed by atoms with E-state index in [9.17, 15) is 9.18 Å². The van der Waals surface area contributed by atoms with E-state index >= 15 is 0 Å². The van der Waals surface area contributed by atoms with Gasteiger partial charge in [0.25, 0.3) is 0 Å². The van der Waals surface area contributed by atoms with Gasteiger partial charge < -0.3 is 14.6 Å². The smallest absolute Gasteiger partial charge is 0.225 e. The molecule has 1 saturated heterocycles. The number of amides is 1. The Bertz CT molecular complexity index is 1220. The van der Waals surface area contributed by atoms with Crippen LogP contribution in [0.3, 0.4) is 0 Å². The first kappa shape index (κ1) is 18.6. The van der Waals surface area contributed by atoms with Crippen molar-refractivity contribution < 1.29 is 9.18 Å². The molecule has 1 fully saturated rings. The highest BCUT2D eigenvalue weighted by Crippen LogP contribution is 2.29. The number of benzene rings is 2. The summed E-state index contributed by atoms with van der Waals surface area (Å²) in [6, 6.07) is 18.5. The molecule has 2 aromatic carbocycles. The van der Waals surface area contributed by atoms with Crippen LogP contribution in [-0.2, 0) is 11.3 Å². The highest BCUT2D eigenvalue weighted by atomic mass is 19.1. The van der Waals surface area contributed by atoms with E-state index in [0.717, 1.165) is 47.3 Å². The van der Waals surface area contributed by atoms with E-state index in [2.05, 4.69) is 32.9 Å². The highest BCUT2D eigenvalue weighted by Gasteiger charge is 2.27. The molecule has 2 aromatic heterocycles. The van der Waals surface area contributed by atoms with E-state index in [-0.39, 0.29) is 17.6 Å². The molecule has 0 saturated carbocycles. The van der Waals surface area contributed by atoms with Crippen molar-refractivity contribution in [2.24, 2.45) is 5.92 Å². The summed E-state index contributed by atoms with van der Waals surface area (Å²) in [5.41, 5.74) is 3.83. The van der Waals surface area contributed by atoms with Crippen molar-refractivity contribution in [2.45, 2.75) is 19.4 Å². The summed E-state index contributed by atoms with van der Waals surface area (Å²) in [4.78, 5) is 20.0. The molecule has 3 heterocycles. The number of fused-ring (bicyclic) bond motifs is 3. The van der Waals surface area contributed by atoms with Crippen LogP contribution in [0.4, 0.5) is 10.2 Å². The third-order valence-corrected chi connectivity index (χ3v) is 5.79. The van der Waals surface area contributed by atoms with Gasteiger partial charge in [0, 0.05) is 25.8 Å². The Morgan fingerprint density at radius 1 is 1.10 bits per heavy atom. The van der Waals surface area contributed by atoms with E-state index in [1.54, 1.807) is 6.07 Å². The molecular weight excluding hydrogens is 379 g/mol. The largest absolute Gasteiger partial charge is 0.354 e. The number of aromatic nitrogens is 2. The molecule has 0 unspecified atom stereocenters. The number of carbonyl (C=O) groups excluding carboxylic acids is 1. The van der Waals surface area contributed by atoms with E-state index in [0.29, 0.717) is 13.1 Å². The van der Waals surface area contributed by atoms with Crippen molar-refractivity contribution in [2.75, 3.05) is 18.0 Å². The number of rotatable bonds is 4. The average molecular weight is 402 g/mol. The van der Waals surface area contributed by atoms with Crippen LogP contribution < -0.4 is 10.2 Å². The molecule has 5 nitrogen and oxygen atoms in total. The van der Waals surface area contributed by atoms with Crippen LogP contribution in [0.5, 0.6) is 0 Å². The van der Waals surface area contributed by atoms with Crippen LogP contribution in [0.1, 0.15) is 18.4 Å². The first-order valence-electron chi connectivity index (χ1n) is 10.3. The summed E-state index contributed by atoms with van der Waals surface area (Å²) in [6.07, 6.45) is 3.83. The normalized spacial score (nSPS) is 16.8. The molecule has 1 aliphatic heterocycles. The first-order chi connectivity index (χ1) is 14.7. The number of piperidine rings is 1. The molecule has 0 spiro atoms. The molecule has 0 radical (unpaired) electrons. The number of hydrogen-bond donors (Lipinski definition) is 1. The van der Waals surface area contributed by atoms with Gasteiger partial charge in [0.05, 0.1) is 22.5 Å². The number of nitrogens with zero attached hydrogens (tertiary/aromatic N) is 3. The predicted molar refractivity (Wildman–Crippen MR) is 116 cm³/mol. The number of para-hydroxylation sites is 2. The van der Waals surface area contributed by atoms with Gasteiger partial charge in [-0.2, -0.15) is 0 Å². The Morgan fingerprint density at radius 2 is 1.97 bits per heavy atom. The number of carbonyl (C=O) groups is 1. The van der Waals surface area contributed by atoms with Crippen molar-refractivity contribution in [1.29, 1.82) is 0 Å². The molecular formula is C24H23FN4O. The van der Waals surface area contributed by atoms with Crippen molar-refractivity contribution in [3.05, 3.63) is 78.2 Å². The summed E-state index contributed by atoms with van der Waals surface area (Å²) < 4.78 is 15.5. The SMILES string of the molecule is O=C(NCc1cccc(F)c1)[C@H]1CCCN(c2nc3ccccc3n3cccc23)C1. The fourth-order valence-corrected chi connectivity index (χ4v) is 4.30. The summed E-state index contributed by atoms with van der Waals surface area (Å²) >= 11 is 0. The van der Waals surface area contributed by atoms with Gasteiger partial charge in [-0.05, 0) is 54.8 Å². The topological polar surface area (TPSA) is 49.6 Å². The highest BCUT2D eigenvalue weighted by molar-refractivity contribution is 5.86. The van der Waals surface area contributed by atoms with Crippen LogP contribution in [-0.4, -0.2) is 28.4 Å². The van der Waals surface area contributed by atoms with Gasteiger partial charge in [-0.15, -0.1) is 0 Å². The van der Waals surface area contributed by atoms with Crippen LogP contribution >= 0.6 is 0 Å². The maximum absolute atomic E-state index is 13.4. The molecule has 1 N–H and O–H groups in total. The molecule has 0 bridgehead atoms. The number of hydrogen-bond acceptors (Lipinski definition) is 3. The second kappa shape index (κ2) is 7.78. The van der Waals surface area contributed by atoms with Crippen molar-refractivity contribution >= 4 is 28.3 Å². The summed E-state index contributed by atoms with van der Waals surface area (Å²) in [5, 5.41) is 2.97. The molecule has 152 valence electrons. The molecule has 6 heteroatoms. The molecule has 5 rings (SSSR count). The molecule has 1 amide bonds. The second-order valence-electron chi connectivity index (χ2n) is 7.82. The van der Waals surface area contributed by atoms with Gasteiger partial charge in [-0.3, -0.25) is 4.79 Å². The Morgan fingerprint density at radius 3 is 2.87 bits per heavy atom. The van der Waals surface area contributed by atoms with Gasteiger partial charge >= 0.3 is 0 Å². The number of nitrogens with one attached hydrogen (secondary N) is 1. The summed E-state index contributed by atoms with van der Waals surface area (Å²) in [7, 11) is 0. The maximum Gasteiger partial charge on any atom is 0.225 e. The van der Waals surface area contributed by atoms with Gasteiger partial charge in [0.2, 0.25) is 5.91 Å². The lowest BCUT2D eigenvalue weighted by molar-refractivity contribution is -0.125. The Balaban J connectivity index is 1.36. The van der Waals surface area contributed by atoms with Gasteiger partial charge in [0.1, 0.15) is 5.82 Å². The lowest BCUT2D eigenvalue weighted by Crippen LogP contribution is -2.43. The summed E-state index contributed by atoms with van der Waals surface area (Å²) in [5.74, 6) is 0.525. The van der Waals surface area contributed by atoms with Crippen molar-refractivity contribution in [1.82, 2.24) is 14.7 Å². The van der Waals surface area contributed by atoms with Crippen LogP contribution in [0.2, 0.25) is 0 Å². The summed E-state index contributed by atoms with van der Waals surface area (Å²) in [6.45, 7) is 1.84. The molecule has 1 atom stereocenters. The standard InChI is InChI=1S/C24H23FN4O/c25-19-8-3-6-17(14-19)15-26-24(30)18-7-4-12-28(16-18)23-22-11-5-13-29(22)21-10-2-1-9-20(21)27-23/h1-3,5-6,8-11,13-14,18H,4,7,12,15-16H2,(H,26,30)/t18-/m0/s1. The minimum atomic E-state index is -0.288. The van der Waals surface area contributed by atoms with E-state index in [4.69, 9.17) is 4.98 Å². The minimum Gasteiger partial charge on any atom is -0.354 e. The fourth-order valence-electron chi connectivity index (χ4n) is 4.30. The van der Waals surface area contributed by atoms with E-state index in [1.165, 1.54) is 12.1 Å². The average Bonchev–Trinajstić information content (AvgIpc) is 3.27. The van der Waals surface area contributed by atoms with Crippen LogP contribution in [0.15, 0.2) is 66.9 Å². The molecule has 4 aromatic rings. The Hall–Kier alpha value is -3.41. The number of anilines is 1. The molecule has 30 heavy (non-hydrogen) atoms. The van der Waals surface area contributed by atoms with Crippen LogP contribution in [0, 0.1) is 11.7 Å². The lowest BCUT2D eigenvalue weighted by Gasteiger charge is -2.33. The van der Waals surface area contributed by atoms with Gasteiger partial charge in [-0.1, -0.05) is 24.3 Å². The molecule has 0 aliphatic carbocycles. The van der Waals surface area contributed by atoms with Gasteiger partial charge in [0.15, 0.2) is 5.82 Å². The second-order valence-corrected chi connectivity index (χ2v) is 7.82. The van der Waals surface area contributed by atoms with Crippen molar-refractivity contribution in [3.8, 4) is 0 Å².